The average Bonchev–Trinajstić information content (AvgIpc) is 2.35. The summed E-state index contributed by atoms with van der Waals surface area (Å²) in [5, 5.41) is 2.79. The van der Waals surface area contributed by atoms with Crippen LogP contribution in [0.15, 0.2) is 18.3 Å². The number of rotatable bonds is 3. The van der Waals surface area contributed by atoms with Crippen molar-refractivity contribution in [2.45, 2.75) is 20.8 Å². The number of nitrogens with one attached hydrogen (secondary N) is 1. The molecular formula is C14H19N3O. The van der Waals surface area contributed by atoms with Crippen LogP contribution in [0.1, 0.15) is 26.3 Å². The highest BCUT2D eigenvalue weighted by Crippen LogP contribution is 2.13. The molecule has 0 fully saturated rings. The van der Waals surface area contributed by atoms with E-state index in [9.17, 15) is 4.79 Å². The lowest BCUT2D eigenvalue weighted by molar-refractivity contribution is -0.120. The minimum Gasteiger partial charge on any atom is -0.320 e. The summed E-state index contributed by atoms with van der Waals surface area (Å²) >= 11 is 0. The highest BCUT2D eigenvalue weighted by Gasteiger charge is 2.16. The summed E-state index contributed by atoms with van der Waals surface area (Å²) in [6.07, 6.45) is 1.62. The molecule has 18 heavy (non-hydrogen) atoms. The van der Waals surface area contributed by atoms with Crippen molar-refractivity contribution < 1.29 is 4.79 Å². The van der Waals surface area contributed by atoms with Gasteiger partial charge in [0.1, 0.15) is 5.82 Å². The smallest absolute Gasteiger partial charge is 0.228 e. The number of carbonyl (C=O) groups is 1. The van der Waals surface area contributed by atoms with Gasteiger partial charge in [-0.05, 0) is 18.1 Å². The first-order valence-electron chi connectivity index (χ1n) is 6.00. The van der Waals surface area contributed by atoms with Gasteiger partial charge < -0.3 is 11.1 Å². The first kappa shape index (κ1) is 14.2. The predicted octanol–water partition coefficient (Wildman–Crippen LogP) is 1.62. The monoisotopic (exact) mass is 245 g/mol. The molecule has 1 aromatic heterocycles. The number of anilines is 1. The molecule has 1 aromatic rings. The fourth-order valence-electron chi connectivity index (χ4n) is 1.27. The van der Waals surface area contributed by atoms with Crippen molar-refractivity contribution in [2.75, 3.05) is 11.9 Å². The maximum atomic E-state index is 11.9. The first-order valence-corrected chi connectivity index (χ1v) is 6.00. The molecule has 96 valence electrons. The Morgan fingerprint density at radius 2 is 2.22 bits per heavy atom. The van der Waals surface area contributed by atoms with E-state index in [1.165, 1.54) is 0 Å². The fourth-order valence-corrected chi connectivity index (χ4v) is 1.27. The lowest BCUT2D eigenvalue weighted by atomic mass is 9.97. The second-order valence-corrected chi connectivity index (χ2v) is 4.46. The summed E-state index contributed by atoms with van der Waals surface area (Å²) in [4.78, 5) is 16.0. The molecule has 1 atom stereocenters. The van der Waals surface area contributed by atoms with Crippen LogP contribution in [0, 0.1) is 23.7 Å². The standard InChI is InChI=1S/C14H19N3O/c1-10(2)11(3)14(18)17-13-9-12(5-4-7-15)6-8-16-13/h6,8-11H,7,15H2,1-3H3,(H,16,17,18). The van der Waals surface area contributed by atoms with Crippen molar-refractivity contribution in [2.24, 2.45) is 17.6 Å². The molecule has 1 rings (SSSR count). The third-order valence-corrected chi connectivity index (χ3v) is 2.76. The van der Waals surface area contributed by atoms with Gasteiger partial charge in [-0.2, -0.15) is 0 Å². The van der Waals surface area contributed by atoms with Gasteiger partial charge in [0.2, 0.25) is 5.91 Å². The quantitative estimate of drug-likeness (QED) is 0.795. The van der Waals surface area contributed by atoms with E-state index >= 15 is 0 Å². The van der Waals surface area contributed by atoms with Crippen LogP contribution in [0.3, 0.4) is 0 Å². The number of hydrogen-bond donors (Lipinski definition) is 2. The Bertz CT molecular complexity index is 471. The Hall–Kier alpha value is -1.86. The molecule has 4 heteroatoms. The SMILES string of the molecule is CC(C)C(C)C(=O)Nc1cc(C#CCN)ccn1. The van der Waals surface area contributed by atoms with Crippen LogP contribution in [-0.2, 0) is 4.79 Å². The van der Waals surface area contributed by atoms with Gasteiger partial charge in [0.25, 0.3) is 0 Å². The van der Waals surface area contributed by atoms with Crippen LogP contribution in [0.2, 0.25) is 0 Å². The summed E-state index contributed by atoms with van der Waals surface area (Å²) in [5.41, 5.74) is 6.10. The van der Waals surface area contributed by atoms with Gasteiger partial charge in [-0.25, -0.2) is 4.98 Å². The molecule has 4 nitrogen and oxygen atoms in total. The van der Waals surface area contributed by atoms with Crippen LogP contribution >= 0.6 is 0 Å². The molecule has 1 amide bonds. The Labute approximate surface area is 108 Å². The van der Waals surface area contributed by atoms with Crippen LogP contribution in [0.25, 0.3) is 0 Å². The number of amides is 1. The zero-order valence-corrected chi connectivity index (χ0v) is 11.0. The zero-order chi connectivity index (χ0) is 13.5. The second kappa shape index (κ2) is 6.77. The Balaban J connectivity index is 2.76. The van der Waals surface area contributed by atoms with E-state index < -0.39 is 0 Å². The van der Waals surface area contributed by atoms with Crippen molar-refractivity contribution in [3.05, 3.63) is 23.9 Å². The predicted molar refractivity (Wildman–Crippen MR) is 72.8 cm³/mol. The minimum atomic E-state index is -0.0504. The van der Waals surface area contributed by atoms with E-state index in [-0.39, 0.29) is 11.8 Å². The number of nitrogens with two attached hydrogens (primary N) is 1. The third-order valence-electron chi connectivity index (χ3n) is 2.76. The summed E-state index contributed by atoms with van der Waals surface area (Å²) in [6.45, 7) is 6.24. The Morgan fingerprint density at radius 3 is 2.83 bits per heavy atom. The number of pyridine rings is 1. The maximum Gasteiger partial charge on any atom is 0.228 e. The van der Waals surface area contributed by atoms with Crippen molar-refractivity contribution in [3.63, 3.8) is 0 Å². The van der Waals surface area contributed by atoms with Crippen LogP contribution in [0.4, 0.5) is 5.82 Å². The molecular weight excluding hydrogens is 226 g/mol. The highest BCUT2D eigenvalue weighted by molar-refractivity contribution is 5.91. The minimum absolute atomic E-state index is 0.0264. The normalized spacial score (nSPS) is 11.6. The maximum absolute atomic E-state index is 11.9. The van der Waals surface area contributed by atoms with Gasteiger partial charge in [-0.3, -0.25) is 4.79 Å². The number of nitrogens with zero attached hydrogens (tertiary/aromatic N) is 1. The van der Waals surface area contributed by atoms with Gasteiger partial charge in [0, 0.05) is 17.7 Å². The summed E-state index contributed by atoms with van der Waals surface area (Å²) < 4.78 is 0. The van der Waals surface area contributed by atoms with Crippen molar-refractivity contribution >= 4 is 11.7 Å². The summed E-state index contributed by atoms with van der Waals surface area (Å²) in [7, 11) is 0. The number of aromatic nitrogens is 1. The fraction of sp³-hybridized carbons (Fsp3) is 0.429. The summed E-state index contributed by atoms with van der Waals surface area (Å²) in [6, 6.07) is 3.53. The molecule has 0 bridgehead atoms. The molecule has 0 saturated carbocycles. The second-order valence-electron chi connectivity index (χ2n) is 4.46. The van der Waals surface area contributed by atoms with Crippen LogP contribution < -0.4 is 11.1 Å². The lowest BCUT2D eigenvalue weighted by Crippen LogP contribution is -2.24. The largest absolute Gasteiger partial charge is 0.320 e. The Morgan fingerprint density at radius 1 is 1.50 bits per heavy atom. The van der Waals surface area contributed by atoms with Crippen molar-refractivity contribution in [1.29, 1.82) is 0 Å². The topological polar surface area (TPSA) is 68.0 Å². The molecule has 0 saturated heterocycles. The molecule has 1 heterocycles. The molecule has 0 radical (unpaired) electrons. The van der Waals surface area contributed by atoms with E-state index in [4.69, 9.17) is 5.73 Å². The van der Waals surface area contributed by atoms with E-state index in [1.807, 2.05) is 20.8 Å². The van der Waals surface area contributed by atoms with Crippen molar-refractivity contribution in [1.82, 2.24) is 4.98 Å². The van der Waals surface area contributed by atoms with Crippen molar-refractivity contribution in [3.8, 4) is 11.8 Å². The van der Waals surface area contributed by atoms with Gasteiger partial charge >= 0.3 is 0 Å². The number of hydrogen-bond acceptors (Lipinski definition) is 3. The molecule has 0 aliphatic heterocycles. The third kappa shape index (κ3) is 4.19. The van der Waals surface area contributed by atoms with Crippen LogP contribution in [-0.4, -0.2) is 17.4 Å². The van der Waals surface area contributed by atoms with E-state index in [2.05, 4.69) is 22.1 Å². The van der Waals surface area contributed by atoms with Crippen LogP contribution in [0.5, 0.6) is 0 Å². The van der Waals surface area contributed by atoms with Gasteiger partial charge in [0.15, 0.2) is 0 Å². The molecule has 0 spiro atoms. The van der Waals surface area contributed by atoms with Gasteiger partial charge in [-0.15, -0.1) is 0 Å². The lowest BCUT2D eigenvalue weighted by Gasteiger charge is -2.14. The van der Waals surface area contributed by atoms with E-state index in [0.29, 0.717) is 18.3 Å². The zero-order valence-electron chi connectivity index (χ0n) is 11.0. The molecule has 3 N–H and O–H groups in total. The van der Waals surface area contributed by atoms with E-state index in [1.54, 1.807) is 18.3 Å². The average molecular weight is 245 g/mol. The Kier molecular flexibility index (Phi) is 5.34. The molecule has 0 aliphatic rings. The first-order chi connectivity index (χ1) is 8.54. The highest BCUT2D eigenvalue weighted by atomic mass is 16.1. The van der Waals surface area contributed by atoms with E-state index in [0.717, 1.165) is 5.56 Å². The molecule has 1 unspecified atom stereocenters. The summed E-state index contributed by atoms with van der Waals surface area (Å²) in [5.74, 6) is 6.41. The molecule has 0 aromatic carbocycles. The molecule has 0 aliphatic carbocycles. The van der Waals surface area contributed by atoms with Gasteiger partial charge in [-0.1, -0.05) is 32.6 Å². The number of carbonyl (C=O) groups excluding carboxylic acids is 1. The van der Waals surface area contributed by atoms with Gasteiger partial charge in [0.05, 0.1) is 6.54 Å².